The quantitative estimate of drug-likeness (QED) is 0.521. The average molecular weight is 276 g/mol. The molecule has 0 aromatic heterocycles. The minimum atomic E-state index is -1.69. The van der Waals surface area contributed by atoms with E-state index in [2.05, 4.69) is 16.4 Å². The minimum absolute atomic E-state index is 0.210. The Morgan fingerprint density at radius 1 is 1.26 bits per heavy atom. The van der Waals surface area contributed by atoms with Crippen LogP contribution in [0.2, 0.25) is 0 Å². The van der Waals surface area contributed by atoms with Gasteiger partial charge < -0.3 is 24.4 Å². The van der Waals surface area contributed by atoms with Crippen molar-refractivity contribution in [3.8, 4) is 0 Å². The van der Waals surface area contributed by atoms with Gasteiger partial charge in [-0.05, 0) is 6.42 Å². The highest BCUT2D eigenvalue weighted by molar-refractivity contribution is 5.77. The van der Waals surface area contributed by atoms with Crippen LogP contribution < -0.4 is 0 Å². The average Bonchev–Trinajstić information content (AvgIpc) is 2.61. The second kappa shape index (κ2) is 7.96. The zero-order valence-corrected chi connectivity index (χ0v) is 10.9. The lowest BCUT2D eigenvalue weighted by atomic mass is 10.2. The van der Waals surface area contributed by atoms with E-state index in [1.165, 1.54) is 0 Å². The van der Waals surface area contributed by atoms with Crippen LogP contribution in [0.1, 0.15) is 39.0 Å². The molecule has 2 N–H and O–H groups in total. The first-order valence-electron chi connectivity index (χ1n) is 6.46. The maximum atomic E-state index is 11.2. The van der Waals surface area contributed by atoms with Crippen molar-refractivity contribution in [3.05, 3.63) is 0 Å². The maximum absolute atomic E-state index is 11.2. The molecule has 7 heteroatoms. The molecule has 0 spiro atoms. The molecule has 3 atom stereocenters. The van der Waals surface area contributed by atoms with E-state index in [0.717, 1.165) is 32.1 Å². The van der Waals surface area contributed by atoms with Gasteiger partial charge in [-0.15, -0.1) is 0 Å². The van der Waals surface area contributed by atoms with Crippen molar-refractivity contribution in [1.82, 2.24) is 0 Å². The third kappa shape index (κ3) is 5.04. The van der Waals surface area contributed by atoms with E-state index in [1.54, 1.807) is 0 Å². The van der Waals surface area contributed by atoms with Crippen LogP contribution in [0.15, 0.2) is 0 Å². The molecule has 19 heavy (non-hydrogen) atoms. The van der Waals surface area contributed by atoms with Crippen LogP contribution in [0.5, 0.6) is 0 Å². The van der Waals surface area contributed by atoms with E-state index in [1.807, 2.05) is 0 Å². The van der Waals surface area contributed by atoms with Gasteiger partial charge >= 0.3 is 12.1 Å². The normalized spacial score (nSPS) is 26.1. The molecule has 0 amide bonds. The van der Waals surface area contributed by atoms with Crippen LogP contribution in [0.4, 0.5) is 4.79 Å². The van der Waals surface area contributed by atoms with Crippen LogP contribution >= 0.6 is 0 Å². The van der Waals surface area contributed by atoms with Gasteiger partial charge in [-0.3, -0.25) is 0 Å². The molecule has 0 aliphatic carbocycles. The van der Waals surface area contributed by atoms with Crippen LogP contribution in [0.3, 0.4) is 0 Å². The molecule has 1 saturated heterocycles. The highest BCUT2D eigenvalue weighted by Gasteiger charge is 2.45. The minimum Gasteiger partial charge on any atom is -0.434 e. The van der Waals surface area contributed by atoms with Gasteiger partial charge in [0, 0.05) is 0 Å². The van der Waals surface area contributed by atoms with Gasteiger partial charge in [0.05, 0.1) is 6.61 Å². The van der Waals surface area contributed by atoms with E-state index in [4.69, 9.17) is 9.84 Å². The number of aliphatic hydroxyl groups is 2. The third-order valence-electron chi connectivity index (χ3n) is 2.76. The molecule has 1 aliphatic heterocycles. The largest absolute Gasteiger partial charge is 0.511 e. The summed E-state index contributed by atoms with van der Waals surface area (Å²) in [5.41, 5.74) is 0. The summed E-state index contributed by atoms with van der Waals surface area (Å²) in [4.78, 5) is 22.1. The van der Waals surface area contributed by atoms with Crippen molar-refractivity contribution in [2.75, 3.05) is 6.61 Å². The van der Waals surface area contributed by atoms with E-state index >= 15 is 0 Å². The Morgan fingerprint density at radius 2 is 1.95 bits per heavy atom. The summed E-state index contributed by atoms with van der Waals surface area (Å²) >= 11 is 0. The number of rotatable bonds is 7. The van der Waals surface area contributed by atoms with Gasteiger partial charge in [-0.2, -0.15) is 0 Å². The lowest BCUT2D eigenvalue weighted by Crippen LogP contribution is -2.34. The summed E-state index contributed by atoms with van der Waals surface area (Å²) in [6, 6.07) is 0. The third-order valence-corrected chi connectivity index (χ3v) is 2.76. The summed E-state index contributed by atoms with van der Waals surface area (Å²) in [5.74, 6) is -1.02. The number of hydrogen-bond acceptors (Lipinski definition) is 7. The van der Waals surface area contributed by atoms with Gasteiger partial charge in [0.15, 0.2) is 12.2 Å². The monoisotopic (exact) mass is 276 g/mol. The maximum Gasteiger partial charge on any atom is 0.511 e. The smallest absolute Gasteiger partial charge is 0.434 e. The summed E-state index contributed by atoms with van der Waals surface area (Å²) < 4.78 is 13.8. The first-order valence-corrected chi connectivity index (χ1v) is 6.46. The molecule has 0 bridgehead atoms. The van der Waals surface area contributed by atoms with Gasteiger partial charge in [-0.1, -0.05) is 32.6 Å². The summed E-state index contributed by atoms with van der Waals surface area (Å²) in [6.07, 6.45) is -0.748. The fourth-order valence-corrected chi connectivity index (χ4v) is 1.63. The number of carbonyl (C=O) groups is 2. The molecule has 110 valence electrons. The predicted molar refractivity (Wildman–Crippen MR) is 63.1 cm³/mol. The molecule has 1 rings (SSSR count). The van der Waals surface area contributed by atoms with E-state index in [0.29, 0.717) is 0 Å². The Labute approximate surface area is 111 Å². The van der Waals surface area contributed by atoms with E-state index in [-0.39, 0.29) is 6.61 Å². The molecule has 7 nitrogen and oxygen atoms in total. The van der Waals surface area contributed by atoms with Crippen LogP contribution in [-0.2, 0) is 19.0 Å². The lowest BCUT2D eigenvalue weighted by Gasteiger charge is -2.13. The van der Waals surface area contributed by atoms with Gasteiger partial charge in [-0.25, -0.2) is 9.59 Å². The lowest BCUT2D eigenvalue weighted by molar-refractivity contribution is -0.164. The first-order chi connectivity index (χ1) is 9.06. The molecule has 0 aromatic rings. The second-order valence-electron chi connectivity index (χ2n) is 4.37. The Morgan fingerprint density at radius 3 is 2.53 bits per heavy atom. The number of esters is 1. The number of ether oxygens (including phenoxy) is 3. The van der Waals surface area contributed by atoms with Crippen LogP contribution in [-0.4, -0.2) is 47.4 Å². The molecule has 0 radical (unpaired) electrons. The topological polar surface area (TPSA) is 102 Å². The van der Waals surface area contributed by atoms with Crippen LogP contribution in [0.25, 0.3) is 0 Å². The van der Waals surface area contributed by atoms with Crippen molar-refractivity contribution in [1.29, 1.82) is 0 Å². The zero-order valence-electron chi connectivity index (χ0n) is 10.9. The SMILES string of the molecule is CCCCCCCOC(=O)O[C@H]1OC(=O)[C@H](O)[C@@H]1O. The highest BCUT2D eigenvalue weighted by atomic mass is 16.8. The Kier molecular flexibility index (Phi) is 6.58. The summed E-state index contributed by atoms with van der Waals surface area (Å²) in [5, 5.41) is 18.4. The number of carbonyl (C=O) groups excluding carboxylic acids is 2. The van der Waals surface area contributed by atoms with Gasteiger partial charge in [0.25, 0.3) is 6.29 Å². The number of aliphatic hydroxyl groups excluding tert-OH is 2. The van der Waals surface area contributed by atoms with Crippen molar-refractivity contribution in [2.24, 2.45) is 0 Å². The zero-order chi connectivity index (χ0) is 14.3. The summed E-state index contributed by atoms with van der Waals surface area (Å²) in [6.45, 7) is 2.32. The molecule has 0 saturated carbocycles. The molecule has 1 heterocycles. The summed E-state index contributed by atoms with van der Waals surface area (Å²) in [7, 11) is 0. The molecular formula is C12H20O7. The fraction of sp³-hybridized carbons (Fsp3) is 0.833. The number of unbranched alkanes of at least 4 members (excludes halogenated alkanes) is 4. The molecule has 1 aliphatic rings. The second-order valence-corrected chi connectivity index (χ2v) is 4.37. The standard InChI is InChI=1S/C12H20O7/c1-2-3-4-5-6-7-17-12(16)19-11-9(14)8(13)10(15)18-11/h8-9,11,13-14H,2-7H2,1H3/t8-,9+,11-/m1/s1. The fourth-order valence-electron chi connectivity index (χ4n) is 1.63. The van der Waals surface area contributed by atoms with Crippen molar-refractivity contribution >= 4 is 12.1 Å². The predicted octanol–water partition coefficient (Wildman–Crippen LogP) is 0.715. The van der Waals surface area contributed by atoms with E-state index < -0.39 is 30.6 Å². The Hall–Kier alpha value is -1.34. The van der Waals surface area contributed by atoms with Crippen molar-refractivity contribution in [3.63, 3.8) is 0 Å². The van der Waals surface area contributed by atoms with Crippen molar-refractivity contribution in [2.45, 2.75) is 57.5 Å². The van der Waals surface area contributed by atoms with Crippen molar-refractivity contribution < 1.29 is 34.0 Å². The number of hydrogen-bond donors (Lipinski definition) is 2. The molecule has 0 unspecified atom stereocenters. The van der Waals surface area contributed by atoms with Crippen LogP contribution in [0, 0.1) is 0 Å². The molecule has 0 aromatic carbocycles. The Balaban J connectivity index is 2.13. The first kappa shape index (κ1) is 15.7. The van der Waals surface area contributed by atoms with Gasteiger partial charge in [0.2, 0.25) is 0 Å². The number of cyclic esters (lactones) is 1. The molecule has 1 fully saturated rings. The Bertz CT molecular complexity index is 304. The van der Waals surface area contributed by atoms with Gasteiger partial charge in [0.1, 0.15) is 0 Å². The van der Waals surface area contributed by atoms with E-state index in [9.17, 15) is 14.7 Å². The highest BCUT2D eigenvalue weighted by Crippen LogP contribution is 2.17. The molecular weight excluding hydrogens is 256 g/mol.